The first-order chi connectivity index (χ1) is 11.5. The van der Waals surface area contributed by atoms with E-state index in [1.165, 1.54) is 41.0 Å². The molecule has 1 amide bonds. The van der Waals surface area contributed by atoms with Crippen LogP contribution in [0.1, 0.15) is 45.9 Å². The summed E-state index contributed by atoms with van der Waals surface area (Å²) in [6.07, 6.45) is 1.91. The summed E-state index contributed by atoms with van der Waals surface area (Å²) in [6, 6.07) is 12.3. The van der Waals surface area contributed by atoms with Gasteiger partial charge in [0.15, 0.2) is 0 Å². The maximum atomic E-state index is 12.8. The Balaban J connectivity index is 1.86. The SMILES string of the molecule is Cc1cc(C)cc(C2CCCN2C(=O)c2ccc([N+](=O)[O-])cc2)c1. The Hall–Kier alpha value is -2.69. The van der Waals surface area contributed by atoms with Gasteiger partial charge in [0.25, 0.3) is 11.6 Å². The number of likely N-dealkylation sites (tertiary alicyclic amines) is 1. The Kier molecular flexibility index (Phi) is 4.34. The van der Waals surface area contributed by atoms with Gasteiger partial charge in [-0.3, -0.25) is 14.9 Å². The van der Waals surface area contributed by atoms with Crippen LogP contribution in [-0.4, -0.2) is 22.3 Å². The van der Waals surface area contributed by atoms with Gasteiger partial charge in [-0.05, 0) is 44.4 Å². The number of hydrogen-bond donors (Lipinski definition) is 0. The molecule has 3 rings (SSSR count). The molecular formula is C19H20N2O3. The van der Waals surface area contributed by atoms with Gasteiger partial charge in [-0.15, -0.1) is 0 Å². The largest absolute Gasteiger partial charge is 0.332 e. The first-order valence-corrected chi connectivity index (χ1v) is 8.09. The van der Waals surface area contributed by atoms with E-state index in [0.29, 0.717) is 12.1 Å². The fraction of sp³-hybridized carbons (Fsp3) is 0.316. The molecule has 0 spiro atoms. The molecular weight excluding hydrogens is 304 g/mol. The van der Waals surface area contributed by atoms with E-state index in [9.17, 15) is 14.9 Å². The average Bonchev–Trinajstić information content (AvgIpc) is 3.03. The molecule has 0 aliphatic carbocycles. The molecule has 0 N–H and O–H groups in total. The molecule has 2 aromatic rings. The van der Waals surface area contributed by atoms with Crippen molar-refractivity contribution >= 4 is 11.6 Å². The average molecular weight is 324 g/mol. The van der Waals surface area contributed by atoms with Crippen LogP contribution in [0.5, 0.6) is 0 Å². The van der Waals surface area contributed by atoms with Gasteiger partial charge in [-0.2, -0.15) is 0 Å². The second kappa shape index (κ2) is 6.43. The van der Waals surface area contributed by atoms with Crippen molar-refractivity contribution in [3.05, 3.63) is 74.8 Å². The van der Waals surface area contributed by atoms with Crippen LogP contribution < -0.4 is 0 Å². The van der Waals surface area contributed by atoms with E-state index in [1.54, 1.807) is 0 Å². The molecule has 2 aromatic carbocycles. The highest BCUT2D eigenvalue weighted by Gasteiger charge is 2.30. The first kappa shape index (κ1) is 16.2. The summed E-state index contributed by atoms with van der Waals surface area (Å²) in [5.74, 6) is -0.0634. The van der Waals surface area contributed by atoms with Gasteiger partial charge in [0.2, 0.25) is 0 Å². The summed E-state index contributed by atoms with van der Waals surface area (Å²) in [5, 5.41) is 10.7. The van der Waals surface area contributed by atoms with Crippen molar-refractivity contribution in [1.29, 1.82) is 0 Å². The summed E-state index contributed by atoms with van der Waals surface area (Å²) >= 11 is 0. The zero-order valence-corrected chi connectivity index (χ0v) is 13.9. The molecule has 5 heteroatoms. The van der Waals surface area contributed by atoms with Crippen molar-refractivity contribution < 1.29 is 9.72 Å². The van der Waals surface area contributed by atoms with Crippen LogP contribution in [0.4, 0.5) is 5.69 Å². The third-order valence-electron chi connectivity index (χ3n) is 4.47. The Bertz CT molecular complexity index is 763. The molecule has 1 aliphatic heterocycles. The molecule has 1 fully saturated rings. The summed E-state index contributed by atoms with van der Waals surface area (Å²) in [4.78, 5) is 25.0. The van der Waals surface area contributed by atoms with Crippen molar-refractivity contribution in [2.75, 3.05) is 6.54 Å². The zero-order chi connectivity index (χ0) is 17.3. The van der Waals surface area contributed by atoms with Gasteiger partial charge in [0.1, 0.15) is 0 Å². The predicted molar refractivity (Wildman–Crippen MR) is 92.0 cm³/mol. The van der Waals surface area contributed by atoms with Crippen LogP contribution in [-0.2, 0) is 0 Å². The van der Waals surface area contributed by atoms with Gasteiger partial charge < -0.3 is 4.90 Å². The minimum Gasteiger partial charge on any atom is -0.332 e. The highest BCUT2D eigenvalue weighted by Crippen LogP contribution is 2.34. The molecule has 5 nitrogen and oxygen atoms in total. The molecule has 1 aliphatic rings. The number of nitro benzene ring substituents is 1. The second-order valence-electron chi connectivity index (χ2n) is 6.38. The lowest BCUT2D eigenvalue weighted by Crippen LogP contribution is -2.30. The molecule has 0 bridgehead atoms. The van der Waals surface area contributed by atoms with E-state index < -0.39 is 4.92 Å². The Labute approximate surface area is 141 Å². The van der Waals surface area contributed by atoms with Crippen molar-refractivity contribution in [1.82, 2.24) is 4.90 Å². The minimum absolute atomic E-state index is 0.00108. The lowest BCUT2D eigenvalue weighted by Gasteiger charge is -2.26. The number of carbonyl (C=O) groups is 1. The highest BCUT2D eigenvalue weighted by atomic mass is 16.6. The van der Waals surface area contributed by atoms with Crippen molar-refractivity contribution in [2.45, 2.75) is 32.7 Å². The molecule has 1 atom stereocenters. The number of non-ortho nitro benzene ring substituents is 1. The number of hydrogen-bond acceptors (Lipinski definition) is 3. The summed E-state index contributed by atoms with van der Waals surface area (Å²) < 4.78 is 0. The van der Waals surface area contributed by atoms with E-state index in [-0.39, 0.29) is 17.6 Å². The van der Waals surface area contributed by atoms with Gasteiger partial charge in [-0.1, -0.05) is 29.3 Å². The van der Waals surface area contributed by atoms with Crippen LogP contribution >= 0.6 is 0 Å². The lowest BCUT2D eigenvalue weighted by atomic mass is 9.99. The predicted octanol–water partition coefficient (Wildman–Crippen LogP) is 4.19. The van der Waals surface area contributed by atoms with E-state index in [1.807, 2.05) is 4.90 Å². The topological polar surface area (TPSA) is 63.5 Å². The summed E-state index contributed by atoms with van der Waals surface area (Å²) in [7, 11) is 0. The number of nitro groups is 1. The van der Waals surface area contributed by atoms with Crippen LogP contribution in [0, 0.1) is 24.0 Å². The van der Waals surface area contributed by atoms with Crippen molar-refractivity contribution in [3.63, 3.8) is 0 Å². The van der Waals surface area contributed by atoms with Gasteiger partial charge in [-0.25, -0.2) is 0 Å². The van der Waals surface area contributed by atoms with Crippen molar-refractivity contribution in [3.8, 4) is 0 Å². The number of nitrogens with zero attached hydrogens (tertiary/aromatic N) is 2. The van der Waals surface area contributed by atoms with E-state index in [2.05, 4.69) is 32.0 Å². The quantitative estimate of drug-likeness (QED) is 0.628. The fourth-order valence-corrected chi connectivity index (χ4v) is 3.45. The van der Waals surface area contributed by atoms with E-state index in [0.717, 1.165) is 12.8 Å². The Morgan fingerprint density at radius 2 is 1.75 bits per heavy atom. The molecule has 0 aromatic heterocycles. The van der Waals surface area contributed by atoms with Gasteiger partial charge >= 0.3 is 0 Å². The third kappa shape index (κ3) is 3.15. The van der Waals surface area contributed by atoms with Gasteiger partial charge in [0, 0.05) is 24.2 Å². The number of aryl methyl sites for hydroxylation is 2. The zero-order valence-electron chi connectivity index (χ0n) is 13.9. The molecule has 0 saturated carbocycles. The molecule has 0 radical (unpaired) electrons. The van der Waals surface area contributed by atoms with E-state index in [4.69, 9.17) is 0 Å². The number of benzene rings is 2. The maximum Gasteiger partial charge on any atom is 0.269 e. The normalized spacial score (nSPS) is 17.1. The summed E-state index contributed by atoms with van der Waals surface area (Å²) in [5.41, 5.74) is 4.05. The lowest BCUT2D eigenvalue weighted by molar-refractivity contribution is -0.384. The first-order valence-electron chi connectivity index (χ1n) is 8.09. The van der Waals surface area contributed by atoms with Crippen molar-refractivity contribution in [2.24, 2.45) is 0 Å². The number of carbonyl (C=O) groups excluding carboxylic acids is 1. The molecule has 24 heavy (non-hydrogen) atoms. The molecule has 124 valence electrons. The smallest absolute Gasteiger partial charge is 0.269 e. The second-order valence-corrected chi connectivity index (χ2v) is 6.38. The van der Waals surface area contributed by atoms with Crippen LogP contribution in [0.25, 0.3) is 0 Å². The van der Waals surface area contributed by atoms with Gasteiger partial charge in [0.05, 0.1) is 11.0 Å². The number of rotatable bonds is 3. The molecule has 1 unspecified atom stereocenters. The minimum atomic E-state index is -0.456. The molecule has 1 heterocycles. The van der Waals surface area contributed by atoms with Crippen LogP contribution in [0.3, 0.4) is 0 Å². The Morgan fingerprint density at radius 3 is 2.33 bits per heavy atom. The standard InChI is InChI=1S/C19H20N2O3/c1-13-10-14(2)12-16(11-13)18-4-3-9-20(18)19(22)15-5-7-17(8-6-15)21(23)24/h5-8,10-12,18H,3-4,9H2,1-2H3. The third-order valence-corrected chi connectivity index (χ3v) is 4.47. The van der Waals surface area contributed by atoms with Crippen LogP contribution in [0.15, 0.2) is 42.5 Å². The monoisotopic (exact) mass is 324 g/mol. The fourth-order valence-electron chi connectivity index (χ4n) is 3.45. The maximum absolute atomic E-state index is 12.8. The van der Waals surface area contributed by atoms with Crippen LogP contribution in [0.2, 0.25) is 0 Å². The Morgan fingerprint density at radius 1 is 1.12 bits per heavy atom. The molecule has 1 saturated heterocycles. The van der Waals surface area contributed by atoms with E-state index >= 15 is 0 Å². The highest BCUT2D eigenvalue weighted by molar-refractivity contribution is 5.94. The summed E-state index contributed by atoms with van der Waals surface area (Å²) in [6.45, 7) is 4.84. The number of amides is 1.